The van der Waals surface area contributed by atoms with Crippen molar-refractivity contribution in [2.45, 2.75) is 13.0 Å². The molecular weight excluding hydrogens is 348 g/mol. The van der Waals surface area contributed by atoms with Crippen LogP contribution in [0.3, 0.4) is 0 Å². The number of fused-ring (bicyclic) bond motifs is 1. The molecule has 4 aromatic rings. The lowest BCUT2D eigenvalue weighted by atomic mass is 10.1. The summed E-state index contributed by atoms with van der Waals surface area (Å²) in [5, 5.41) is 5.98. The number of pyridine rings is 3. The van der Waals surface area contributed by atoms with Gasteiger partial charge in [-0.1, -0.05) is 11.6 Å². The van der Waals surface area contributed by atoms with Gasteiger partial charge in [0.05, 0.1) is 12.0 Å². The molecule has 0 saturated heterocycles. The number of aryl methyl sites for hydroxylation is 1. The fraction of sp³-hybridized carbons (Fsp3) is 0.158. The van der Waals surface area contributed by atoms with Gasteiger partial charge in [-0.2, -0.15) is 0 Å². The minimum Gasteiger partial charge on any atom is -0.369 e. The Morgan fingerprint density at radius 2 is 2.04 bits per heavy atom. The Morgan fingerprint density at radius 3 is 2.88 bits per heavy atom. The van der Waals surface area contributed by atoms with Crippen LogP contribution < -0.4 is 5.32 Å². The van der Waals surface area contributed by atoms with Crippen molar-refractivity contribution in [3.63, 3.8) is 0 Å². The Balaban J connectivity index is 1.59. The first-order chi connectivity index (χ1) is 12.8. The molecule has 4 rings (SSSR count). The fourth-order valence-electron chi connectivity index (χ4n) is 2.83. The molecule has 4 aromatic heterocycles. The summed E-state index contributed by atoms with van der Waals surface area (Å²) in [6.07, 6.45) is 11.9. The summed E-state index contributed by atoms with van der Waals surface area (Å²) >= 11 is 6.03. The van der Waals surface area contributed by atoms with Gasteiger partial charge < -0.3 is 9.88 Å². The van der Waals surface area contributed by atoms with Crippen LogP contribution in [0.1, 0.15) is 6.42 Å². The predicted octanol–water partition coefficient (Wildman–Crippen LogP) is 4.04. The molecular formula is C19H17ClN6. The second kappa shape index (κ2) is 7.49. The monoisotopic (exact) mass is 364 g/mol. The van der Waals surface area contributed by atoms with E-state index < -0.39 is 0 Å². The Bertz CT molecular complexity index is 1020. The van der Waals surface area contributed by atoms with Gasteiger partial charge in [0.1, 0.15) is 11.0 Å². The molecule has 0 radical (unpaired) electrons. The van der Waals surface area contributed by atoms with Gasteiger partial charge >= 0.3 is 0 Å². The van der Waals surface area contributed by atoms with Gasteiger partial charge in [0.25, 0.3) is 0 Å². The maximum Gasteiger partial charge on any atom is 0.134 e. The molecule has 1 N–H and O–H groups in total. The number of nitrogens with one attached hydrogen (secondary N) is 1. The van der Waals surface area contributed by atoms with E-state index in [4.69, 9.17) is 16.6 Å². The molecule has 0 bridgehead atoms. The highest BCUT2D eigenvalue weighted by Gasteiger charge is 2.08. The molecule has 130 valence electrons. The maximum absolute atomic E-state index is 6.03. The molecule has 0 atom stereocenters. The van der Waals surface area contributed by atoms with Gasteiger partial charge in [-0.05, 0) is 30.7 Å². The number of imidazole rings is 1. The largest absolute Gasteiger partial charge is 0.369 e. The summed E-state index contributed by atoms with van der Waals surface area (Å²) in [6.45, 7) is 1.72. The van der Waals surface area contributed by atoms with E-state index in [2.05, 4.69) is 24.8 Å². The van der Waals surface area contributed by atoms with Crippen LogP contribution in [-0.2, 0) is 6.54 Å². The highest BCUT2D eigenvalue weighted by molar-refractivity contribution is 6.29. The zero-order valence-electron chi connectivity index (χ0n) is 14.0. The number of hydrogen-bond donors (Lipinski definition) is 1. The van der Waals surface area contributed by atoms with Gasteiger partial charge in [0.2, 0.25) is 0 Å². The highest BCUT2D eigenvalue weighted by atomic mass is 35.5. The molecule has 0 aliphatic carbocycles. The standard InChI is InChI=1S/C19H17ClN6/c20-18-11-14(2-6-23-18)17-10-15-12-21-5-3-16(15)19(25-17)24-4-1-8-26-9-7-22-13-26/h2-3,5-7,9-13H,1,4,8H2,(H,24,25). The van der Waals surface area contributed by atoms with Gasteiger partial charge in [-0.3, -0.25) is 4.98 Å². The molecule has 0 aliphatic heterocycles. The van der Waals surface area contributed by atoms with Crippen LogP contribution in [0.25, 0.3) is 22.0 Å². The minimum absolute atomic E-state index is 0.449. The fourth-order valence-corrected chi connectivity index (χ4v) is 3.00. The number of aromatic nitrogens is 5. The van der Waals surface area contributed by atoms with Crippen LogP contribution in [0.5, 0.6) is 0 Å². The lowest BCUT2D eigenvalue weighted by Crippen LogP contribution is -2.08. The summed E-state index contributed by atoms with van der Waals surface area (Å²) in [7, 11) is 0. The van der Waals surface area contributed by atoms with Crippen LogP contribution in [0, 0.1) is 0 Å². The molecule has 0 amide bonds. The number of anilines is 1. The summed E-state index contributed by atoms with van der Waals surface area (Å²) in [4.78, 5) is 17.1. The van der Waals surface area contributed by atoms with Crippen molar-refractivity contribution in [2.75, 3.05) is 11.9 Å². The SMILES string of the molecule is Clc1cc(-c2cc3cnccc3c(NCCCn3ccnc3)n2)ccn1. The first-order valence-electron chi connectivity index (χ1n) is 8.36. The van der Waals surface area contributed by atoms with E-state index in [9.17, 15) is 0 Å². The summed E-state index contributed by atoms with van der Waals surface area (Å²) in [5.74, 6) is 0.846. The highest BCUT2D eigenvalue weighted by Crippen LogP contribution is 2.28. The quantitative estimate of drug-likeness (QED) is 0.413. The van der Waals surface area contributed by atoms with Crippen molar-refractivity contribution in [1.82, 2.24) is 24.5 Å². The number of halogens is 1. The van der Waals surface area contributed by atoms with E-state index in [1.54, 1.807) is 18.6 Å². The molecule has 0 aliphatic rings. The number of hydrogen-bond acceptors (Lipinski definition) is 5. The van der Waals surface area contributed by atoms with E-state index in [1.807, 2.05) is 43.0 Å². The van der Waals surface area contributed by atoms with Crippen LogP contribution in [0.2, 0.25) is 5.15 Å². The van der Waals surface area contributed by atoms with Crippen molar-refractivity contribution in [3.8, 4) is 11.3 Å². The van der Waals surface area contributed by atoms with Crippen molar-refractivity contribution in [2.24, 2.45) is 0 Å². The molecule has 0 saturated carbocycles. The zero-order valence-corrected chi connectivity index (χ0v) is 14.8. The van der Waals surface area contributed by atoms with Crippen LogP contribution >= 0.6 is 11.6 Å². The van der Waals surface area contributed by atoms with Crippen molar-refractivity contribution in [1.29, 1.82) is 0 Å². The Kier molecular flexibility index (Phi) is 4.75. The Labute approximate surface area is 155 Å². The molecule has 0 spiro atoms. The van der Waals surface area contributed by atoms with Gasteiger partial charge in [0.15, 0.2) is 0 Å². The molecule has 7 heteroatoms. The van der Waals surface area contributed by atoms with E-state index in [0.717, 1.165) is 47.4 Å². The predicted molar refractivity (Wildman–Crippen MR) is 103 cm³/mol. The first kappa shape index (κ1) is 16.5. The number of nitrogens with zero attached hydrogens (tertiary/aromatic N) is 5. The van der Waals surface area contributed by atoms with Gasteiger partial charge in [-0.25, -0.2) is 15.0 Å². The van der Waals surface area contributed by atoms with Crippen LogP contribution in [0.4, 0.5) is 5.82 Å². The van der Waals surface area contributed by atoms with Crippen molar-refractivity contribution in [3.05, 3.63) is 66.7 Å². The van der Waals surface area contributed by atoms with Crippen molar-refractivity contribution >= 4 is 28.2 Å². The third-order valence-electron chi connectivity index (χ3n) is 4.10. The average Bonchev–Trinajstić information content (AvgIpc) is 3.18. The van der Waals surface area contributed by atoms with E-state index in [0.29, 0.717) is 5.15 Å². The normalized spacial score (nSPS) is 11.0. The van der Waals surface area contributed by atoms with Crippen molar-refractivity contribution < 1.29 is 0 Å². The summed E-state index contributed by atoms with van der Waals surface area (Å²) in [5.41, 5.74) is 1.77. The zero-order chi connectivity index (χ0) is 17.8. The third-order valence-corrected chi connectivity index (χ3v) is 4.31. The lowest BCUT2D eigenvalue weighted by Gasteiger charge is -2.12. The maximum atomic E-state index is 6.03. The van der Waals surface area contributed by atoms with Crippen LogP contribution in [0.15, 0.2) is 61.6 Å². The molecule has 0 unspecified atom stereocenters. The van der Waals surface area contributed by atoms with E-state index in [-0.39, 0.29) is 0 Å². The summed E-state index contributed by atoms with van der Waals surface area (Å²) < 4.78 is 2.06. The number of rotatable bonds is 6. The molecule has 6 nitrogen and oxygen atoms in total. The average molecular weight is 365 g/mol. The summed E-state index contributed by atoms with van der Waals surface area (Å²) in [6, 6.07) is 7.71. The minimum atomic E-state index is 0.449. The molecule has 0 aromatic carbocycles. The van der Waals surface area contributed by atoms with E-state index >= 15 is 0 Å². The second-order valence-corrected chi connectivity index (χ2v) is 6.29. The molecule has 26 heavy (non-hydrogen) atoms. The smallest absolute Gasteiger partial charge is 0.134 e. The van der Waals surface area contributed by atoms with E-state index in [1.165, 1.54) is 0 Å². The molecule has 0 fully saturated rings. The first-order valence-corrected chi connectivity index (χ1v) is 8.74. The second-order valence-electron chi connectivity index (χ2n) is 5.90. The Morgan fingerprint density at radius 1 is 1.08 bits per heavy atom. The lowest BCUT2D eigenvalue weighted by molar-refractivity contribution is 0.660. The third kappa shape index (κ3) is 3.65. The topological polar surface area (TPSA) is 68.5 Å². The van der Waals surface area contributed by atoms with Gasteiger partial charge in [-0.15, -0.1) is 0 Å². The van der Waals surface area contributed by atoms with Gasteiger partial charge in [0, 0.05) is 60.4 Å². The molecule has 4 heterocycles. The Hall–Kier alpha value is -2.99. The van der Waals surface area contributed by atoms with Crippen LogP contribution in [-0.4, -0.2) is 31.0 Å².